The molecule has 0 unspecified atom stereocenters. The second kappa shape index (κ2) is 9.94. The molecular weight excluding hydrogens is 466 g/mol. The van der Waals surface area contributed by atoms with E-state index in [1.807, 2.05) is 18.4 Å². The van der Waals surface area contributed by atoms with Gasteiger partial charge in [-0.1, -0.05) is 12.8 Å². The number of hydrogen-bond donors (Lipinski definition) is 2. The van der Waals surface area contributed by atoms with Crippen LogP contribution in [0.4, 0.5) is 5.69 Å². The van der Waals surface area contributed by atoms with E-state index in [-0.39, 0.29) is 10.8 Å². The summed E-state index contributed by atoms with van der Waals surface area (Å²) in [6.45, 7) is 3.68. The Balaban J connectivity index is 1.43. The molecule has 0 saturated carbocycles. The summed E-state index contributed by atoms with van der Waals surface area (Å²) in [5, 5.41) is 3.90. The van der Waals surface area contributed by atoms with Crippen LogP contribution in [0.5, 0.6) is 0 Å². The first-order valence-corrected chi connectivity index (χ1v) is 14.0. The minimum Gasteiger partial charge on any atom is -0.341 e. The third-order valence-electron chi connectivity index (χ3n) is 5.76. The van der Waals surface area contributed by atoms with E-state index in [9.17, 15) is 18.0 Å². The molecule has 1 aromatic heterocycles. The van der Waals surface area contributed by atoms with E-state index in [1.165, 1.54) is 23.9 Å². The summed E-state index contributed by atoms with van der Waals surface area (Å²) < 4.78 is 28.1. The molecule has 2 amide bonds. The number of hydrogen-bond acceptors (Lipinski definition) is 6. The molecule has 10 heteroatoms. The van der Waals surface area contributed by atoms with Gasteiger partial charge < -0.3 is 10.2 Å². The first-order chi connectivity index (χ1) is 15.3. The Morgan fingerprint density at radius 2 is 1.94 bits per heavy atom. The summed E-state index contributed by atoms with van der Waals surface area (Å²) in [5.41, 5.74) is 1.59. The largest absolute Gasteiger partial charge is 0.341 e. The van der Waals surface area contributed by atoms with Crippen molar-refractivity contribution < 1.29 is 18.0 Å². The summed E-state index contributed by atoms with van der Waals surface area (Å²) in [5.74, 6) is -0.560. The maximum atomic E-state index is 12.9. The molecular formula is C22H27N3O4S3. The molecule has 172 valence electrons. The molecule has 7 nitrogen and oxygen atoms in total. The van der Waals surface area contributed by atoms with Gasteiger partial charge in [0.05, 0.1) is 10.6 Å². The van der Waals surface area contributed by atoms with Crippen LogP contribution in [0.1, 0.15) is 36.1 Å². The highest BCUT2D eigenvalue weighted by Gasteiger charge is 2.36. The zero-order valence-electron chi connectivity index (χ0n) is 17.9. The second-order valence-electron chi connectivity index (χ2n) is 8.06. The maximum Gasteiger partial charge on any atom is 0.247 e. The molecule has 3 heterocycles. The summed E-state index contributed by atoms with van der Waals surface area (Å²) in [4.78, 5) is 29.3. The molecule has 0 aliphatic carbocycles. The van der Waals surface area contributed by atoms with Crippen molar-refractivity contribution in [2.75, 3.05) is 25.0 Å². The fourth-order valence-electron chi connectivity index (χ4n) is 3.92. The third kappa shape index (κ3) is 5.19. The lowest BCUT2D eigenvalue weighted by molar-refractivity contribution is -0.133. The smallest absolute Gasteiger partial charge is 0.247 e. The zero-order chi connectivity index (χ0) is 22.7. The van der Waals surface area contributed by atoms with Gasteiger partial charge in [0.1, 0.15) is 0 Å². The molecule has 0 bridgehead atoms. The average molecular weight is 494 g/mol. The number of carbonyl (C=O) groups is 2. The molecule has 2 aromatic rings. The van der Waals surface area contributed by atoms with Crippen LogP contribution < -0.4 is 10.0 Å². The highest BCUT2D eigenvalue weighted by Crippen LogP contribution is 2.38. The Labute approximate surface area is 197 Å². The lowest BCUT2D eigenvalue weighted by Gasteiger charge is -2.28. The summed E-state index contributed by atoms with van der Waals surface area (Å²) >= 11 is 2.81. The number of aryl methyl sites for hydroxylation is 1. The quantitative estimate of drug-likeness (QED) is 0.602. The van der Waals surface area contributed by atoms with Gasteiger partial charge in [-0.2, -0.15) is 0 Å². The fourth-order valence-corrected chi connectivity index (χ4v) is 6.94. The van der Waals surface area contributed by atoms with E-state index < -0.39 is 21.2 Å². The van der Waals surface area contributed by atoms with Crippen molar-refractivity contribution in [2.45, 2.75) is 54.1 Å². The van der Waals surface area contributed by atoms with Crippen LogP contribution in [0.3, 0.4) is 0 Å². The summed E-state index contributed by atoms with van der Waals surface area (Å²) in [6.07, 6.45) is 4.76. The number of thioether (sulfide) groups is 1. The van der Waals surface area contributed by atoms with E-state index in [4.69, 9.17) is 0 Å². The van der Waals surface area contributed by atoms with Gasteiger partial charge in [0.25, 0.3) is 0 Å². The minimum atomic E-state index is -3.71. The second-order valence-corrected chi connectivity index (χ2v) is 12.0. The predicted octanol–water partition coefficient (Wildman–Crippen LogP) is 3.39. The van der Waals surface area contributed by atoms with Crippen LogP contribution >= 0.6 is 23.1 Å². The van der Waals surface area contributed by atoms with Gasteiger partial charge in [0.15, 0.2) is 5.25 Å². The van der Waals surface area contributed by atoms with E-state index in [0.29, 0.717) is 36.6 Å². The SMILES string of the molecule is Cc1ccsc1CCNS(=O)(=O)c1ccc2c(c1)NC(=O)[C@H](C(=O)N1CCCCCC1)S2. The molecule has 0 spiro atoms. The van der Waals surface area contributed by atoms with E-state index in [2.05, 4.69) is 10.0 Å². The highest BCUT2D eigenvalue weighted by atomic mass is 32.2. The number of benzene rings is 1. The lowest BCUT2D eigenvalue weighted by Crippen LogP contribution is -2.45. The summed E-state index contributed by atoms with van der Waals surface area (Å²) in [7, 11) is -3.71. The molecule has 1 fully saturated rings. The van der Waals surface area contributed by atoms with Crippen LogP contribution in [0.25, 0.3) is 0 Å². The van der Waals surface area contributed by atoms with Crippen LogP contribution in [0.15, 0.2) is 39.4 Å². The van der Waals surface area contributed by atoms with Crippen molar-refractivity contribution in [1.82, 2.24) is 9.62 Å². The van der Waals surface area contributed by atoms with E-state index >= 15 is 0 Å². The number of rotatable bonds is 6. The number of anilines is 1. The normalized spacial score (nSPS) is 19.2. The van der Waals surface area contributed by atoms with Crippen molar-refractivity contribution in [3.05, 3.63) is 40.1 Å². The Morgan fingerprint density at radius 1 is 1.19 bits per heavy atom. The van der Waals surface area contributed by atoms with E-state index in [0.717, 1.165) is 36.1 Å². The number of thiophene rings is 1. The van der Waals surface area contributed by atoms with Crippen molar-refractivity contribution >= 4 is 50.6 Å². The number of amides is 2. The van der Waals surface area contributed by atoms with Crippen LogP contribution in [-0.4, -0.2) is 50.0 Å². The Hall–Kier alpha value is -1.88. The molecule has 4 rings (SSSR count). The Morgan fingerprint density at radius 3 is 2.62 bits per heavy atom. The molecule has 1 atom stereocenters. The van der Waals surface area contributed by atoms with Crippen molar-refractivity contribution in [3.8, 4) is 0 Å². The van der Waals surface area contributed by atoms with Gasteiger partial charge >= 0.3 is 0 Å². The van der Waals surface area contributed by atoms with Gasteiger partial charge in [-0.15, -0.1) is 23.1 Å². The molecule has 32 heavy (non-hydrogen) atoms. The number of nitrogens with one attached hydrogen (secondary N) is 2. The average Bonchev–Trinajstić information content (AvgIpc) is 3.00. The highest BCUT2D eigenvalue weighted by molar-refractivity contribution is 8.01. The van der Waals surface area contributed by atoms with Crippen LogP contribution in [0.2, 0.25) is 0 Å². The van der Waals surface area contributed by atoms with Crippen molar-refractivity contribution in [1.29, 1.82) is 0 Å². The van der Waals surface area contributed by atoms with Gasteiger partial charge in [-0.3, -0.25) is 9.59 Å². The van der Waals surface area contributed by atoms with Gasteiger partial charge in [-0.05, 0) is 61.4 Å². The Bertz CT molecular complexity index is 1110. The first kappa shape index (κ1) is 23.3. The topological polar surface area (TPSA) is 95.6 Å². The number of carbonyl (C=O) groups excluding carboxylic acids is 2. The predicted molar refractivity (Wildman–Crippen MR) is 128 cm³/mol. The van der Waals surface area contributed by atoms with Gasteiger partial charge in [0.2, 0.25) is 21.8 Å². The number of likely N-dealkylation sites (tertiary alicyclic amines) is 1. The molecule has 2 aliphatic heterocycles. The number of sulfonamides is 1. The maximum absolute atomic E-state index is 12.9. The third-order valence-corrected chi connectivity index (χ3v) is 9.56. The zero-order valence-corrected chi connectivity index (χ0v) is 20.4. The summed E-state index contributed by atoms with van der Waals surface area (Å²) in [6, 6.07) is 6.67. The van der Waals surface area contributed by atoms with Crippen LogP contribution in [0, 0.1) is 6.92 Å². The van der Waals surface area contributed by atoms with Gasteiger partial charge in [0, 0.05) is 29.4 Å². The van der Waals surface area contributed by atoms with Crippen molar-refractivity contribution in [3.63, 3.8) is 0 Å². The Kier molecular flexibility index (Phi) is 7.24. The fraction of sp³-hybridized carbons (Fsp3) is 0.455. The molecule has 0 radical (unpaired) electrons. The first-order valence-electron chi connectivity index (χ1n) is 10.8. The standard InChI is InChI=1S/C22H27N3O4S3/c1-15-9-13-30-18(15)8-10-23-32(28,29)16-6-7-19-17(14-16)24-21(26)20(31-19)22(27)25-11-4-2-3-5-12-25/h6-7,9,13-14,20,23H,2-5,8,10-12H2,1H3,(H,24,26)/t20-/m1/s1. The molecule has 1 saturated heterocycles. The molecule has 2 N–H and O–H groups in total. The molecule has 1 aromatic carbocycles. The lowest BCUT2D eigenvalue weighted by atomic mass is 10.2. The van der Waals surface area contributed by atoms with E-state index in [1.54, 1.807) is 22.3 Å². The minimum absolute atomic E-state index is 0.0948. The van der Waals surface area contributed by atoms with Crippen molar-refractivity contribution in [2.24, 2.45) is 0 Å². The monoisotopic (exact) mass is 493 g/mol. The molecule has 2 aliphatic rings. The van der Waals surface area contributed by atoms with Gasteiger partial charge in [-0.25, -0.2) is 13.1 Å². The van der Waals surface area contributed by atoms with Crippen LogP contribution in [-0.2, 0) is 26.0 Å². The number of nitrogens with zero attached hydrogens (tertiary/aromatic N) is 1. The number of fused-ring (bicyclic) bond motifs is 1.